The zero-order chi connectivity index (χ0) is 11.5. The van der Waals surface area contributed by atoms with Gasteiger partial charge in [-0.05, 0) is 12.1 Å². The molecule has 2 aromatic heterocycles. The summed E-state index contributed by atoms with van der Waals surface area (Å²) in [6.45, 7) is 0. The van der Waals surface area contributed by atoms with Gasteiger partial charge in [-0.1, -0.05) is 16.1 Å². The Morgan fingerprint density at radius 2 is 2.31 bits per heavy atom. The van der Waals surface area contributed by atoms with Gasteiger partial charge in [0.15, 0.2) is 0 Å². The highest BCUT2D eigenvalue weighted by molar-refractivity contribution is 7.10. The van der Waals surface area contributed by atoms with Crippen LogP contribution in [-0.2, 0) is 0 Å². The first-order chi connectivity index (χ1) is 7.66. The molecule has 0 saturated heterocycles. The van der Waals surface area contributed by atoms with Gasteiger partial charge in [0.25, 0.3) is 5.91 Å². The maximum absolute atomic E-state index is 11.7. The van der Waals surface area contributed by atoms with E-state index in [2.05, 4.69) is 19.9 Å². The van der Waals surface area contributed by atoms with Crippen molar-refractivity contribution in [3.63, 3.8) is 0 Å². The van der Waals surface area contributed by atoms with Gasteiger partial charge in [-0.2, -0.15) is 0 Å². The molecule has 0 atom stereocenters. The van der Waals surface area contributed by atoms with Crippen LogP contribution in [0, 0.1) is 0 Å². The van der Waals surface area contributed by atoms with Crippen molar-refractivity contribution in [1.82, 2.24) is 14.6 Å². The third-order valence-electron chi connectivity index (χ3n) is 1.68. The summed E-state index contributed by atoms with van der Waals surface area (Å²) >= 11 is 6.89. The van der Waals surface area contributed by atoms with Crippen LogP contribution in [0.25, 0.3) is 0 Å². The van der Waals surface area contributed by atoms with Crippen molar-refractivity contribution in [3.05, 3.63) is 29.0 Å². The normalized spacial score (nSPS) is 10.1. The second-order valence-electron chi connectivity index (χ2n) is 2.80. The van der Waals surface area contributed by atoms with E-state index in [0.717, 1.165) is 11.5 Å². The minimum atomic E-state index is -0.441. The van der Waals surface area contributed by atoms with E-state index < -0.39 is 5.91 Å². The van der Waals surface area contributed by atoms with Gasteiger partial charge >= 0.3 is 0 Å². The fourth-order valence-corrected chi connectivity index (χ4v) is 1.62. The van der Waals surface area contributed by atoms with Crippen LogP contribution < -0.4 is 11.1 Å². The quantitative estimate of drug-likeness (QED) is 0.846. The third-order valence-corrected chi connectivity index (χ3v) is 2.57. The summed E-state index contributed by atoms with van der Waals surface area (Å²) in [6, 6.07) is 3.04. The largest absolute Gasteiger partial charge is 0.384 e. The Morgan fingerprint density at radius 3 is 3.00 bits per heavy atom. The van der Waals surface area contributed by atoms with Crippen LogP contribution in [0.1, 0.15) is 10.5 Å². The van der Waals surface area contributed by atoms with Gasteiger partial charge in [-0.25, -0.2) is 4.98 Å². The van der Waals surface area contributed by atoms with E-state index >= 15 is 0 Å². The molecule has 2 rings (SSSR count). The van der Waals surface area contributed by atoms with Crippen LogP contribution in [-0.4, -0.2) is 20.5 Å². The number of nitrogens with two attached hydrogens (primary N) is 1. The standard InChI is InChI=1S/C8H6ClN5OS/c9-4-1-2-5(10)12-7(4)8(15)13-6-3-11-14-16-6/h1-3H,(H2,10,12)(H,13,15). The van der Waals surface area contributed by atoms with Gasteiger partial charge in [-0.3, -0.25) is 4.79 Å². The first-order valence-electron chi connectivity index (χ1n) is 4.17. The molecule has 0 aromatic carbocycles. The number of carbonyl (C=O) groups excluding carboxylic acids is 1. The van der Waals surface area contributed by atoms with Crippen molar-refractivity contribution in [2.45, 2.75) is 0 Å². The fraction of sp³-hybridized carbons (Fsp3) is 0. The van der Waals surface area contributed by atoms with Crippen molar-refractivity contribution >= 4 is 39.9 Å². The number of amides is 1. The smallest absolute Gasteiger partial charge is 0.276 e. The lowest BCUT2D eigenvalue weighted by Gasteiger charge is -2.03. The van der Waals surface area contributed by atoms with Gasteiger partial charge < -0.3 is 11.1 Å². The minimum absolute atomic E-state index is 0.0788. The lowest BCUT2D eigenvalue weighted by atomic mass is 10.3. The molecule has 0 radical (unpaired) electrons. The average Bonchev–Trinajstić information content (AvgIpc) is 2.74. The van der Waals surface area contributed by atoms with E-state index in [1.54, 1.807) is 0 Å². The molecule has 16 heavy (non-hydrogen) atoms. The van der Waals surface area contributed by atoms with E-state index in [0.29, 0.717) is 5.00 Å². The molecule has 82 valence electrons. The van der Waals surface area contributed by atoms with E-state index in [1.807, 2.05) is 0 Å². The van der Waals surface area contributed by atoms with Crippen molar-refractivity contribution < 1.29 is 4.79 Å². The average molecular weight is 256 g/mol. The van der Waals surface area contributed by atoms with E-state index in [1.165, 1.54) is 18.3 Å². The van der Waals surface area contributed by atoms with Gasteiger partial charge in [0, 0.05) is 11.5 Å². The van der Waals surface area contributed by atoms with Crippen LogP contribution in [0.4, 0.5) is 10.8 Å². The molecule has 0 bridgehead atoms. The zero-order valence-corrected chi connectivity index (χ0v) is 9.42. The highest BCUT2D eigenvalue weighted by Gasteiger charge is 2.13. The number of rotatable bonds is 2. The molecule has 0 aliphatic heterocycles. The number of nitrogen functional groups attached to an aromatic ring is 1. The third kappa shape index (κ3) is 2.26. The van der Waals surface area contributed by atoms with Crippen molar-refractivity contribution in [2.75, 3.05) is 11.1 Å². The Bertz CT molecular complexity index is 515. The monoisotopic (exact) mass is 255 g/mol. The molecule has 2 aromatic rings. The number of aromatic nitrogens is 3. The number of anilines is 2. The molecule has 0 spiro atoms. The van der Waals surface area contributed by atoms with E-state index in [-0.39, 0.29) is 16.5 Å². The second-order valence-corrected chi connectivity index (χ2v) is 4.00. The summed E-state index contributed by atoms with van der Waals surface area (Å²) in [5, 5.41) is 6.90. The Morgan fingerprint density at radius 1 is 1.50 bits per heavy atom. The molecule has 0 aliphatic carbocycles. The number of hydrogen-bond donors (Lipinski definition) is 2. The van der Waals surface area contributed by atoms with Crippen LogP contribution in [0.2, 0.25) is 5.02 Å². The van der Waals surface area contributed by atoms with Crippen molar-refractivity contribution in [1.29, 1.82) is 0 Å². The Labute approximate surface area is 99.6 Å². The molecule has 0 unspecified atom stereocenters. The van der Waals surface area contributed by atoms with Crippen LogP contribution in [0.5, 0.6) is 0 Å². The fourth-order valence-electron chi connectivity index (χ4n) is 1.01. The summed E-state index contributed by atoms with van der Waals surface area (Å²) in [4.78, 5) is 15.6. The summed E-state index contributed by atoms with van der Waals surface area (Å²) < 4.78 is 3.61. The molecule has 0 fully saturated rings. The van der Waals surface area contributed by atoms with Crippen LogP contribution >= 0.6 is 23.1 Å². The maximum atomic E-state index is 11.7. The highest BCUT2D eigenvalue weighted by Crippen LogP contribution is 2.17. The Hall–Kier alpha value is -1.73. The number of halogens is 1. The minimum Gasteiger partial charge on any atom is -0.384 e. The zero-order valence-electron chi connectivity index (χ0n) is 7.85. The number of pyridine rings is 1. The molecule has 8 heteroatoms. The van der Waals surface area contributed by atoms with Gasteiger partial charge in [0.2, 0.25) is 0 Å². The summed E-state index contributed by atoms with van der Waals surface area (Å²) in [7, 11) is 0. The van der Waals surface area contributed by atoms with Crippen molar-refractivity contribution in [2.24, 2.45) is 0 Å². The topological polar surface area (TPSA) is 93.8 Å². The lowest BCUT2D eigenvalue weighted by molar-refractivity contribution is 0.102. The first kappa shape index (κ1) is 10.8. The molecule has 3 N–H and O–H groups in total. The van der Waals surface area contributed by atoms with E-state index in [9.17, 15) is 4.79 Å². The molecule has 2 heterocycles. The summed E-state index contributed by atoms with van der Waals surface area (Å²) in [5.41, 5.74) is 5.55. The SMILES string of the molecule is Nc1ccc(Cl)c(C(=O)Nc2cnns2)n1. The maximum Gasteiger partial charge on any atom is 0.276 e. The Balaban J connectivity index is 2.24. The summed E-state index contributed by atoms with van der Waals surface area (Å²) in [6.07, 6.45) is 1.43. The molecular weight excluding hydrogens is 250 g/mol. The van der Waals surface area contributed by atoms with Gasteiger partial charge in [0.05, 0.1) is 11.2 Å². The number of carbonyl (C=O) groups is 1. The van der Waals surface area contributed by atoms with Gasteiger partial charge in [-0.15, -0.1) is 5.10 Å². The number of nitrogens with zero attached hydrogens (tertiary/aromatic N) is 3. The van der Waals surface area contributed by atoms with Crippen molar-refractivity contribution in [3.8, 4) is 0 Å². The second kappa shape index (κ2) is 4.42. The summed E-state index contributed by atoms with van der Waals surface area (Å²) in [5.74, 6) is -0.208. The predicted octanol–water partition coefficient (Wildman–Crippen LogP) is 1.42. The lowest BCUT2D eigenvalue weighted by Crippen LogP contribution is -2.14. The Kier molecular flexibility index (Phi) is 2.97. The predicted molar refractivity (Wildman–Crippen MR) is 61.5 cm³/mol. The molecule has 0 saturated carbocycles. The van der Waals surface area contributed by atoms with E-state index in [4.69, 9.17) is 17.3 Å². The molecule has 0 aliphatic rings. The number of hydrogen-bond acceptors (Lipinski definition) is 6. The molecular formula is C8H6ClN5OS. The highest BCUT2D eigenvalue weighted by atomic mass is 35.5. The van der Waals surface area contributed by atoms with Crippen LogP contribution in [0.15, 0.2) is 18.3 Å². The first-order valence-corrected chi connectivity index (χ1v) is 5.32. The molecule has 6 nitrogen and oxygen atoms in total. The number of nitrogens with one attached hydrogen (secondary N) is 1. The van der Waals surface area contributed by atoms with Crippen LogP contribution in [0.3, 0.4) is 0 Å². The van der Waals surface area contributed by atoms with Gasteiger partial charge in [0.1, 0.15) is 16.5 Å². The molecule has 1 amide bonds.